The van der Waals surface area contributed by atoms with E-state index < -0.39 is 21.9 Å². The topological polar surface area (TPSA) is 142 Å². The van der Waals surface area contributed by atoms with Crippen LogP contribution in [0.5, 0.6) is 5.75 Å². The molecule has 0 radical (unpaired) electrons. The number of carbonyl (C=O) groups is 3. The third-order valence-corrected chi connectivity index (χ3v) is 8.44. The largest absolute Gasteiger partial charge is 0.496 e. The fourth-order valence-electron chi connectivity index (χ4n) is 4.36. The van der Waals surface area contributed by atoms with E-state index >= 15 is 0 Å². The number of aliphatic carboxylic acids is 1. The van der Waals surface area contributed by atoms with Crippen LogP contribution in [0, 0.1) is 5.92 Å². The van der Waals surface area contributed by atoms with Gasteiger partial charge in [0.25, 0.3) is 21.8 Å². The molecule has 2 amide bonds. The van der Waals surface area contributed by atoms with Crippen molar-refractivity contribution in [2.24, 2.45) is 5.92 Å². The Bertz CT molecular complexity index is 1450. The summed E-state index contributed by atoms with van der Waals surface area (Å²) in [7, 11) is -2.72. The number of nitrogens with one attached hydrogen (secondary N) is 2. The molecule has 0 fully saturated rings. The maximum atomic E-state index is 12.9. The molecule has 0 saturated heterocycles. The van der Waals surface area contributed by atoms with Crippen molar-refractivity contribution < 1.29 is 32.6 Å². The van der Waals surface area contributed by atoms with Crippen LogP contribution in [0.2, 0.25) is 5.02 Å². The number of rotatable bonds is 13. The summed E-state index contributed by atoms with van der Waals surface area (Å²) in [6.45, 7) is 4.74. The number of nitrogens with zero attached hydrogens (tertiary/aromatic N) is 1. The molecule has 3 rings (SSSR count). The molecule has 0 unspecified atom stereocenters. The van der Waals surface area contributed by atoms with Crippen molar-refractivity contribution in [1.82, 2.24) is 14.9 Å². The quantitative estimate of drug-likeness (QED) is 0.314. The van der Waals surface area contributed by atoms with Crippen LogP contribution in [0.3, 0.4) is 0 Å². The molecule has 0 saturated carbocycles. The highest BCUT2D eigenvalue weighted by Gasteiger charge is 2.27. The lowest BCUT2D eigenvalue weighted by atomic mass is 10.0. The molecule has 220 valence electrons. The van der Waals surface area contributed by atoms with E-state index in [0.29, 0.717) is 29.3 Å². The van der Waals surface area contributed by atoms with Gasteiger partial charge in [0.05, 0.1) is 17.6 Å². The molecule has 2 aromatic carbocycles. The van der Waals surface area contributed by atoms with Crippen molar-refractivity contribution in [3.05, 3.63) is 82.0 Å². The first-order chi connectivity index (χ1) is 19.5. The summed E-state index contributed by atoms with van der Waals surface area (Å²) in [5.41, 5.74) is 1.29. The molecule has 2 aromatic rings. The maximum Gasteiger partial charge on any atom is 0.352 e. The van der Waals surface area contributed by atoms with Gasteiger partial charge in [-0.3, -0.25) is 9.59 Å². The lowest BCUT2D eigenvalue weighted by Gasteiger charge is -2.31. The zero-order valence-electron chi connectivity index (χ0n) is 23.1. The lowest BCUT2D eigenvalue weighted by molar-refractivity contribution is -0.134. The Kier molecular flexibility index (Phi) is 11.0. The van der Waals surface area contributed by atoms with Gasteiger partial charge >= 0.3 is 5.97 Å². The summed E-state index contributed by atoms with van der Waals surface area (Å²) in [5.74, 6) is -1.65. The van der Waals surface area contributed by atoms with Crippen LogP contribution in [0.4, 0.5) is 0 Å². The highest BCUT2D eigenvalue weighted by Crippen LogP contribution is 2.23. The van der Waals surface area contributed by atoms with E-state index in [0.717, 1.165) is 18.4 Å². The number of halogens is 1. The van der Waals surface area contributed by atoms with E-state index in [9.17, 15) is 27.9 Å². The average molecular weight is 604 g/mol. The van der Waals surface area contributed by atoms with Crippen LogP contribution >= 0.6 is 11.6 Å². The van der Waals surface area contributed by atoms with Crippen molar-refractivity contribution in [2.75, 3.05) is 26.7 Å². The second-order valence-electron chi connectivity index (χ2n) is 9.54. The van der Waals surface area contributed by atoms with Crippen molar-refractivity contribution in [1.29, 1.82) is 0 Å². The first-order valence-electron chi connectivity index (χ1n) is 13.2. The molecule has 10 nitrogen and oxygen atoms in total. The molecule has 1 aliphatic heterocycles. The van der Waals surface area contributed by atoms with Crippen LogP contribution in [0.1, 0.15) is 42.6 Å². The van der Waals surface area contributed by atoms with Gasteiger partial charge in [-0.25, -0.2) is 17.9 Å². The molecule has 12 heteroatoms. The fourth-order valence-corrected chi connectivity index (χ4v) is 5.52. The van der Waals surface area contributed by atoms with Crippen molar-refractivity contribution in [3.63, 3.8) is 0 Å². The number of methoxy groups -OCH3 is 1. The molecule has 0 aliphatic carbocycles. The van der Waals surface area contributed by atoms with Gasteiger partial charge in [0, 0.05) is 30.2 Å². The highest BCUT2D eigenvalue weighted by molar-refractivity contribution is 7.90. The Morgan fingerprint density at radius 2 is 1.73 bits per heavy atom. The van der Waals surface area contributed by atoms with E-state index in [1.165, 1.54) is 37.5 Å². The second-order valence-corrected chi connectivity index (χ2v) is 11.7. The molecule has 1 aliphatic rings. The summed E-state index contributed by atoms with van der Waals surface area (Å²) in [6, 6.07) is 10.7. The Hall–Kier alpha value is -3.83. The predicted octanol–water partition coefficient (Wildman–Crippen LogP) is 3.77. The standard InChI is InChI=1S/C29H34ClN3O7S/c1-4-19(5-2)17-33-18-21(8-12-25(33)29(36)37)27(34)32-41(38,39)23-10-6-20(7-11-23)14-15-31-28(35)24-16-22(30)9-13-26(24)40-3/h6-13,16,19H,4-5,14-15,17-18H2,1-3H3,(H,31,35)(H,32,34)(H,36,37). The molecule has 0 spiro atoms. The zero-order chi connectivity index (χ0) is 30.2. The molecular formula is C29H34ClN3O7S. The Labute approximate surface area is 245 Å². The van der Waals surface area contributed by atoms with Gasteiger partial charge < -0.3 is 20.1 Å². The summed E-state index contributed by atoms with van der Waals surface area (Å²) in [6.07, 6.45) is 4.79. The Morgan fingerprint density at radius 1 is 1.05 bits per heavy atom. The minimum atomic E-state index is -4.18. The van der Waals surface area contributed by atoms with Gasteiger partial charge in [-0.1, -0.05) is 50.4 Å². The number of allylic oxidation sites excluding steroid dienone is 2. The second kappa shape index (κ2) is 14.2. The third kappa shape index (κ3) is 8.34. The number of carbonyl (C=O) groups excluding carboxylic acids is 2. The normalized spacial score (nSPS) is 13.3. The Morgan fingerprint density at radius 3 is 2.34 bits per heavy atom. The van der Waals surface area contributed by atoms with E-state index in [2.05, 4.69) is 10.0 Å². The number of hydrogen-bond donors (Lipinski definition) is 3. The molecule has 1 heterocycles. The Balaban J connectivity index is 1.61. The van der Waals surface area contributed by atoms with E-state index in [1.807, 2.05) is 13.8 Å². The van der Waals surface area contributed by atoms with Crippen molar-refractivity contribution in [3.8, 4) is 5.75 Å². The van der Waals surface area contributed by atoms with E-state index in [4.69, 9.17) is 16.3 Å². The maximum absolute atomic E-state index is 12.9. The first kappa shape index (κ1) is 31.7. The minimum Gasteiger partial charge on any atom is -0.496 e. The number of carboxylic acids is 1. The van der Waals surface area contributed by atoms with Gasteiger partial charge in [-0.15, -0.1) is 0 Å². The number of sulfonamides is 1. The molecule has 0 aromatic heterocycles. The molecule has 41 heavy (non-hydrogen) atoms. The molecule has 3 N–H and O–H groups in total. The van der Waals surface area contributed by atoms with Gasteiger partial charge in [0.1, 0.15) is 11.4 Å². The van der Waals surface area contributed by atoms with Crippen LogP contribution in [-0.2, 0) is 26.0 Å². The van der Waals surface area contributed by atoms with Crippen LogP contribution in [0.15, 0.2) is 70.8 Å². The number of benzene rings is 2. The molecule has 0 atom stereocenters. The smallest absolute Gasteiger partial charge is 0.352 e. The van der Waals surface area contributed by atoms with Crippen molar-refractivity contribution >= 4 is 39.4 Å². The minimum absolute atomic E-state index is 0.0122. The van der Waals surface area contributed by atoms with E-state index in [-0.39, 0.29) is 41.1 Å². The number of amides is 2. The summed E-state index contributed by atoms with van der Waals surface area (Å²) in [4.78, 5) is 38.6. The van der Waals surface area contributed by atoms with Gasteiger partial charge in [-0.05, 0) is 60.4 Å². The summed E-state index contributed by atoms with van der Waals surface area (Å²) in [5, 5.41) is 12.7. The summed E-state index contributed by atoms with van der Waals surface area (Å²) < 4.78 is 33.1. The van der Waals surface area contributed by atoms with Crippen LogP contribution in [0.25, 0.3) is 0 Å². The van der Waals surface area contributed by atoms with Crippen molar-refractivity contribution in [2.45, 2.75) is 38.0 Å². The molecule has 0 bridgehead atoms. The number of hydrogen-bond acceptors (Lipinski definition) is 7. The van der Waals surface area contributed by atoms with Crippen LogP contribution < -0.4 is 14.8 Å². The van der Waals surface area contributed by atoms with Gasteiger partial charge in [0.15, 0.2) is 0 Å². The van der Waals surface area contributed by atoms with Gasteiger partial charge in [-0.2, -0.15) is 0 Å². The zero-order valence-corrected chi connectivity index (χ0v) is 24.7. The predicted molar refractivity (Wildman–Crippen MR) is 155 cm³/mol. The lowest BCUT2D eigenvalue weighted by Crippen LogP contribution is -2.40. The molecular weight excluding hydrogens is 570 g/mol. The monoisotopic (exact) mass is 603 g/mol. The SMILES string of the molecule is CCC(CC)CN1CC(C(=O)NS(=O)(=O)c2ccc(CCNC(=O)c3cc(Cl)ccc3OC)cc2)=CC=C1C(=O)O. The van der Waals surface area contributed by atoms with Crippen LogP contribution in [-0.4, -0.2) is 63.0 Å². The van der Waals surface area contributed by atoms with E-state index in [1.54, 1.807) is 29.2 Å². The summed E-state index contributed by atoms with van der Waals surface area (Å²) >= 11 is 5.99. The highest BCUT2D eigenvalue weighted by atomic mass is 35.5. The third-order valence-electron chi connectivity index (χ3n) is 6.85. The average Bonchev–Trinajstić information content (AvgIpc) is 2.95. The fraction of sp³-hybridized carbons (Fsp3) is 0.345. The first-order valence-corrected chi connectivity index (χ1v) is 15.0. The number of carboxylic acid groups (broad SMARTS) is 1. The number of ether oxygens (including phenoxy) is 1. The van der Waals surface area contributed by atoms with Gasteiger partial charge in [0.2, 0.25) is 0 Å².